The maximum Gasteiger partial charge on any atom is 0.171 e. The standard InChI is InChI=1S/C24H21FN6O2S/c25-16-6-7-19-17(12-16)22(34(33)11-10-32)21(15-4-2-1-3-5-15)20(31-19)8-9-28-24-18(13-26)23(27)29-14-30-24/h1-7,12,14,32H,8-11H2,(H3,27,28,29,30). The second kappa shape index (κ2) is 10.4. The lowest BCUT2D eigenvalue weighted by Crippen LogP contribution is -2.16. The van der Waals surface area contributed by atoms with Gasteiger partial charge in [-0.15, -0.1) is 0 Å². The van der Waals surface area contributed by atoms with Crippen LogP contribution in [0.25, 0.3) is 22.0 Å². The van der Waals surface area contributed by atoms with Crippen LogP contribution in [0.3, 0.4) is 0 Å². The zero-order valence-corrected chi connectivity index (χ0v) is 18.8. The van der Waals surface area contributed by atoms with Gasteiger partial charge in [0.15, 0.2) is 4.90 Å². The van der Waals surface area contributed by atoms with Crippen molar-refractivity contribution in [2.75, 3.05) is 30.0 Å². The second-order valence-corrected chi connectivity index (χ2v) is 8.84. The van der Waals surface area contributed by atoms with E-state index >= 15 is 0 Å². The molecule has 4 N–H and O–H groups in total. The Morgan fingerprint density at radius 2 is 1.97 bits per heavy atom. The predicted octanol–water partition coefficient (Wildman–Crippen LogP) is 3.04. The molecular formula is C24H21FN6O2S. The molecule has 0 aliphatic rings. The van der Waals surface area contributed by atoms with Crippen molar-refractivity contribution in [1.29, 1.82) is 5.26 Å². The molecule has 1 unspecified atom stereocenters. The molecule has 0 saturated carbocycles. The van der Waals surface area contributed by atoms with Crippen LogP contribution in [0.2, 0.25) is 0 Å². The average Bonchev–Trinajstić information content (AvgIpc) is 2.84. The van der Waals surface area contributed by atoms with Crippen molar-refractivity contribution in [3.05, 3.63) is 71.9 Å². The number of halogens is 1. The first-order valence-corrected chi connectivity index (χ1v) is 11.8. The number of benzene rings is 2. The normalized spacial score (nSPS) is 11.8. The molecule has 34 heavy (non-hydrogen) atoms. The third kappa shape index (κ3) is 4.77. The van der Waals surface area contributed by atoms with Crippen LogP contribution >= 0.6 is 0 Å². The van der Waals surface area contributed by atoms with E-state index in [1.807, 2.05) is 36.4 Å². The van der Waals surface area contributed by atoms with E-state index in [4.69, 9.17) is 10.7 Å². The molecule has 0 amide bonds. The highest BCUT2D eigenvalue weighted by atomic mass is 32.2. The molecule has 1 atom stereocenters. The van der Waals surface area contributed by atoms with Crippen LogP contribution in [0, 0.1) is 17.1 Å². The number of nitriles is 1. The molecule has 0 aliphatic heterocycles. The van der Waals surface area contributed by atoms with E-state index in [0.29, 0.717) is 45.8 Å². The molecule has 8 nitrogen and oxygen atoms in total. The number of aliphatic hydroxyl groups excluding tert-OH is 1. The number of nitrogens with zero attached hydrogens (tertiary/aromatic N) is 4. The van der Waals surface area contributed by atoms with Gasteiger partial charge in [0.2, 0.25) is 0 Å². The minimum Gasteiger partial charge on any atom is -0.611 e. The number of pyridine rings is 1. The van der Waals surface area contributed by atoms with Crippen molar-refractivity contribution in [3.8, 4) is 17.2 Å². The van der Waals surface area contributed by atoms with Gasteiger partial charge in [0.05, 0.1) is 28.8 Å². The van der Waals surface area contributed by atoms with Gasteiger partial charge in [-0.2, -0.15) is 5.26 Å². The largest absolute Gasteiger partial charge is 0.611 e. The molecule has 0 aliphatic carbocycles. The predicted molar refractivity (Wildman–Crippen MR) is 129 cm³/mol. The summed E-state index contributed by atoms with van der Waals surface area (Å²) < 4.78 is 27.4. The Labute approximate surface area is 198 Å². The van der Waals surface area contributed by atoms with Crippen LogP contribution in [0.15, 0.2) is 59.8 Å². The number of aliphatic hydroxyl groups is 1. The van der Waals surface area contributed by atoms with Gasteiger partial charge in [-0.05, 0) is 34.9 Å². The summed E-state index contributed by atoms with van der Waals surface area (Å²) in [5, 5.41) is 22.3. The summed E-state index contributed by atoms with van der Waals surface area (Å²) in [6.07, 6.45) is 1.66. The van der Waals surface area contributed by atoms with Crippen molar-refractivity contribution in [2.45, 2.75) is 11.3 Å². The Bertz CT molecular complexity index is 1360. The molecule has 172 valence electrons. The number of hydrogen-bond donors (Lipinski definition) is 3. The number of aromatic nitrogens is 3. The molecular weight excluding hydrogens is 455 g/mol. The quantitative estimate of drug-likeness (QED) is 0.329. The summed E-state index contributed by atoms with van der Waals surface area (Å²) in [5.74, 6) is -0.0603. The Balaban J connectivity index is 1.82. The van der Waals surface area contributed by atoms with Gasteiger partial charge < -0.3 is 20.7 Å². The van der Waals surface area contributed by atoms with Gasteiger partial charge in [-0.1, -0.05) is 30.3 Å². The van der Waals surface area contributed by atoms with Crippen molar-refractivity contribution in [2.24, 2.45) is 0 Å². The van der Waals surface area contributed by atoms with E-state index in [9.17, 15) is 19.3 Å². The first-order chi connectivity index (χ1) is 16.5. The summed E-state index contributed by atoms with van der Waals surface area (Å²) in [5.41, 5.74) is 8.46. The minimum atomic E-state index is -1.60. The highest BCUT2D eigenvalue weighted by molar-refractivity contribution is 7.91. The Kier molecular flexibility index (Phi) is 7.18. The first-order valence-electron chi connectivity index (χ1n) is 10.4. The van der Waals surface area contributed by atoms with Gasteiger partial charge in [-0.25, -0.2) is 14.4 Å². The van der Waals surface area contributed by atoms with Gasteiger partial charge in [-0.3, -0.25) is 4.98 Å². The highest BCUT2D eigenvalue weighted by Gasteiger charge is 2.26. The maximum atomic E-state index is 14.2. The van der Waals surface area contributed by atoms with Crippen molar-refractivity contribution in [3.63, 3.8) is 0 Å². The number of rotatable bonds is 8. The average molecular weight is 477 g/mol. The van der Waals surface area contributed by atoms with Crippen LogP contribution in [-0.2, 0) is 17.6 Å². The third-order valence-electron chi connectivity index (χ3n) is 5.18. The van der Waals surface area contributed by atoms with Crippen LogP contribution in [-0.4, -0.2) is 43.5 Å². The number of anilines is 2. The lowest BCUT2D eigenvalue weighted by molar-refractivity contribution is 0.319. The molecule has 2 aromatic carbocycles. The fourth-order valence-electron chi connectivity index (χ4n) is 3.70. The van der Waals surface area contributed by atoms with Crippen molar-refractivity contribution >= 4 is 33.7 Å². The summed E-state index contributed by atoms with van der Waals surface area (Å²) >= 11 is -1.60. The van der Waals surface area contributed by atoms with Gasteiger partial charge in [0.25, 0.3) is 0 Å². The number of nitrogens with two attached hydrogens (primary N) is 1. The van der Waals surface area contributed by atoms with Gasteiger partial charge in [0, 0.05) is 13.0 Å². The molecule has 2 aromatic heterocycles. The fourth-order valence-corrected chi connectivity index (χ4v) is 4.94. The maximum absolute atomic E-state index is 14.2. The Morgan fingerprint density at radius 3 is 2.71 bits per heavy atom. The lowest BCUT2D eigenvalue weighted by Gasteiger charge is -2.19. The summed E-state index contributed by atoms with van der Waals surface area (Å²) in [6.45, 7) is 0.0691. The van der Waals surface area contributed by atoms with E-state index < -0.39 is 17.0 Å². The van der Waals surface area contributed by atoms with E-state index in [2.05, 4.69) is 15.3 Å². The molecule has 0 saturated heterocycles. The zero-order valence-electron chi connectivity index (χ0n) is 18.0. The highest BCUT2D eigenvalue weighted by Crippen LogP contribution is 2.36. The van der Waals surface area contributed by atoms with Crippen molar-refractivity contribution in [1.82, 2.24) is 15.0 Å². The second-order valence-electron chi connectivity index (χ2n) is 7.33. The van der Waals surface area contributed by atoms with E-state index in [-0.39, 0.29) is 23.7 Å². The summed E-state index contributed by atoms with van der Waals surface area (Å²) in [4.78, 5) is 13.1. The SMILES string of the molecule is N#Cc1c(N)ncnc1NCCc1nc2ccc(F)cc2c([S+]([O-])CCO)c1-c1ccccc1. The van der Waals surface area contributed by atoms with Crippen LogP contribution in [0.1, 0.15) is 11.3 Å². The Morgan fingerprint density at radius 1 is 1.18 bits per heavy atom. The third-order valence-corrected chi connectivity index (χ3v) is 6.62. The number of nitrogens with one attached hydrogen (secondary N) is 1. The fraction of sp³-hybridized carbons (Fsp3) is 0.167. The van der Waals surface area contributed by atoms with E-state index in [1.54, 1.807) is 6.07 Å². The smallest absolute Gasteiger partial charge is 0.171 e. The molecule has 0 fully saturated rings. The monoisotopic (exact) mass is 476 g/mol. The van der Waals surface area contributed by atoms with Gasteiger partial charge >= 0.3 is 0 Å². The first kappa shape index (κ1) is 23.4. The molecule has 0 spiro atoms. The number of fused-ring (bicyclic) bond motifs is 1. The summed E-state index contributed by atoms with van der Waals surface area (Å²) in [7, 11) is 0. The lowest BCUT2D eigenvalue weighted by atomic mass is 9.99. The van der Waals surface area contributed by atoms with Crippen LogP contribution in [0.4, 0.5) is 16.0 Å². The van der Waals surface area contributed by atoms with Crippen LogP contribution < -0.4 is 11.1 Å². The number of hydrogen-bond acceptors (Lipinski definition) is 8. The topological polar surface area (TPSA) is 144 Å². The molecule has 10 heteroatoms. The summed E-state index contributed by atoms with van der Waals surface area (Å²) in [6, 6.07) is 15.5. The Hall–Kier alpha value is -3.78. The molecule has 4 rings (SSSR count). The van der Waals surface area contributed by atoms with Gasteiger partial charge in [0.1, 0.15) is 41.2 Å². The molecule has 0 radical (unpaired) electrons. The molecule has 2 heterocycles. The van der Waals surface area contributed by atoms with E-state index in [1.165, 1.54) is 18.5 Å². The zero-order chi connectivity index (χ0) is 24.1. The van der Waals surface area contributed by atoms with E-state index in [0.717, 1.165) is 5.56 Å². The van der Waals surface area contributed by atoms with Crippen molar-refractivity contribution < 1.29 is 14.0 Å². The minimum absolute atomic E-state index is 0.0128. The molecule has 4 aromatic rings. The molecule has 0 bridgehead atoms. The van der Waals surface area contributed by atoms with Crippen LogP contribution in [0.5, 0.6) is 0 Å². The number of nitrogen functional groups attached to an aromatic ring is 1.